The fraction of sp³-hybridized carbons (Fsp3) is 0.200. The summed E-state index contributed by atoms with van der Waals surface area (Å²) >= 11 is 0. The van der Waals surface area contributed by atoms with E-state index in [2.05, 4.69) is 0 Å². The standard InChI is InChI=1S/C5H8O/c1-2-3-4-5-6/h2-6H,1H3/b3-2?,5-4+. The Balaban J connectivity index is 3.07. The van der Waals surface area contributed by atoms with Crippen molar-refractivity contribution in [2.75, 3.05) is 0 Å². The monoisotopic (exact) mass is 84.1 g/mol. The predicted molar refractivity (Wildman–Crippen MR) is 26.6 cm³/mol. The molecule has 0 saturated carbocycles. The van der Waals surface area contributed by atoms with Gasteiger partial charge in [0.25, 0.3) is 0 Å². The first kappa shape index (κ1) is 5.28. The van der Waals surface area contributed by atoms with Crippen LogP contribution in [-0.4, -0.2) is 5.11 Å². The van der Waals surface area contributed by atoms with E-state index in [0.29, 0.717) is 0 Å². The molecule has 0 heterocycles. The lowest BCUT2D eigenvalue weighted by molar-refractivity contribution is 0.473. The van der Waals surface area contributed by atoms with Gasteiger partial charge < -0.3 is 5.11 Å². The Morgan fingerprint density at radius 2 is 2.00 bits per heavy atom. The predicted octanol–water partition coefficient (Wildman–Crippen LogP) is 1.63. The lowest BCUT2D eigenvalue weighted by atomic mass is 10.5. The van der Waals surface area contributed by atoms with Crippen LogP contribution in [0.5, 0.6) is 0 Å². The molecule has 0 unspecified atom stereocenters. The van der Waals surface area contributed by atoms with Gasteiger partial charge in [0.1, 0.15) is 0 Å². The number of hydrogen-bond acceptors (Lipinski definition) is 1. The highest BCUT2D eigenvalue weighted by atomic mass is 16.2. The molecule has 0 spiro atoms. The van der Waals surface area contributed by atoms with E-state index in [1.54, 1.807) is 12.2 Å². The van der Waals surface area contributed by atoms with Crippen LogP contribution in [0.2, 0.25) is 0 Å². The average molecular weight is 84.1 g/mol. The maximum atomic E-state index is 7.97. The number of aliphatic hydroxyl groups excluding tert-OH is 1. The molecule has 0 aromatic rings. The van der Waals surface area contributed by atoms with Crippen LogP contribution in [0.15, 0.2) is 24.5 Å². The van der Waals surface area contributed by atoms with E-state index in [9.17, 15) is 0 Å². The smallest absolute Gasteiger partial charge is 0.0791 e. The third kappa shape index (κ3) is 3.28. The second-order valence-corrected chi connectivity index (χ2v) is 0.867. The van der Waals surface area contributed by atoms with Crippen molar-refractivity contribution in [2.24, 2.45) is 0 Å². The highest BCUT2D eigenvalue weighted by molar-refractivity contribution is 4.96. The Morgan fingerprint density at radius 1 is 1.33 bits per heavy atom. The molecule has 0 radical (unpaired) electrons. The summed E-state index contributed by atoms with van der Waals surface area (Å²) in [6.07, 6.45) is 6.15. The molecular weight excluding hydrogens is 76.1 g/mol. The highest BCUT2D eigenvalue weighted by Crippen LogP contribution is 1.69. The second-order valence-electron chi connectivity index (χ2n) is 0.867. The number of aliphatic hydroxyl groups is 1. The molecule has 0 atom stereocenters. The van der Waals surface area contributed by atoms with Crippen LogP contribution in [0.3, 0.4) is 0 Å². The van der Waals surface area contributed by atoms with E-state index in [-0.39, 0.29) is 0 Å². The molecule has 0 bridgehead atoms. The lowest BCUT2D eigenvalue weighted by Crippen LogP contribution is -1.44. The van der Waals surface area contributed by atoms with Gasteiger partial charge in [-0.25, -0.2) is 0 Å². The van der Waals surface area contributed by atoms with Crippen molar-refractivity contribution in [1.82, 2.24) is 0 Å². The topological polar surface area (TPSA) is 20.2 Å². The molecule has 0 saturated heterocycles. The van der Waals surface area contributed by atoms with Crippen molar-refractivity contribution in [3.05, 3.63) is 24.5 Å². The Bertz CT molecular complexity index is 52.3. The minimum Gasteiger partial charge on any atom is -0.516 e. The van der Waals surface area contributed by atoms with Gasteiger partial charge in [-0.15, -0.1) is 0 Å². The van der Waals surface area contributed by atoms with Crippen molar-refractivity contribution in [2.45, 2.75) is 6.92 Å². The van der Waals surface area contributed by atoms with Crippen LogP contribution in [-0.2, 0) is 0 Å². The second kappa shape index (κ2) is 4.28. The largest absolute Gasteiger partial charge is 0.516 e. The van der Waals surface area contributed by atoms with Crippen LogP contribution in [0.1, 0.15) is 6.92 Å². The zero-order valence-electron chi connectivity index (χ0n) is 3.76. The number of allylic oxidation sites excluding steroid dienone is 3. The van der Waals surface area contributed by atoms with Crippen molar-refractivity contribution in [1.29, 1.82) is 0 Å². The first-order valence-corrected chi connectivity index (χ1v) is 1.84. The molecule has 0 fully saturated rings. The minimum absolute atomic E-state index is 1.00. The van der Waals surface area contributed by atoms with Gasteiger partial charge in [0.15, 0.2) is 0 Å². The van der Waals surface area contributed by atoms with Gasteiger partial charge in [0.2, 0.25) is 0 Å². The SMILES string of the molecule is CC=C/C=C/O. The summed E-state index contributed by atoms with van der Waals surface area (Å²) in [6.45, 7) is 1.89. The summed E-state index contributed by atoms with van der Waals surface area (Å²) in [5, 5.41) is 7.97. The molecule has 0 aromatic carbocycles. The van der Waals surface area contributed by atoms with E-state index in [4.69, 9.17) is 5.11 Å². The van der Waals surface area contributed by atoms with E-state index >= 15 is 0 Å². The maximum Gasteiger partial charge on any atom is 0.0791 e. The molecule has 1 heteroatoms. The van der Waals surface area contributed by atoms with E-state index in [1.807, 2.05) is 13.0 Å². The molecule has 6 heavy (non-hydrogen) atoms. The molecule has 0 aliphatic rings. The van der Waals surface area contributed by atoms with Gasteiger partial charge in [-0.2, -0.15) is 0 Å². The molecule has 0 aromatic heterocycles. The molecule has 1 nitrogen and oxygen atoms in total. The van der Waals surface area contributed by atoms with Gasteiger partial charge in [0.05, 0.1) is 6.26 Å². The average Bonchev–Trinajstić information content (AvgIpc) is 1.61. The summed E-state index contributed by atoms with van der Waals surface area (Å²) in [6, 6.07) is 0. The molecule has 0 aliphatic heterocycles. The highest BCUT2D eigenvalue weighted by Gasteiger charge is 1.50. The van der Waals surface area contributed by atoms with Gasteiger partial charge in [0, 0.05) is 0 Å². The Hall–Kier alpha value is -0.720. The van der Waals surface area contributed by atoms with Crippen molar-refractivity contribution >= 4 is 0 Å². The maximum absolute atomic E-state index is 7.97. The van der Waals surface area contributed by atoms with Crippen LogP contribution < -0.4 is 0 Å². The molecule has 0 aliphatic carbocycles. The van der Waals surface area contributed by atoms with Crippen molar-refractivity contribution in [3.63, 3.8) is 0 Å². The number of rotatable bonds is 1. The summed E-state index contributed by atoms with van der Waals surface area (Å²) in [4.78, 5) is 0. The quantitative estimate of drug-likeness (QED) is 0.378. The minimum atomic E-state index is 1.00. The molecule has 34 valence electrons. The van der Waals surface area contributed by atoms with Crippen molar-refractivity contribution < 1.29 is 5.11 Å². The first-order valence-electron chi connectivity index (χ1n) is 1.84. The summed E-state index contributed by atoms with van der Waals surface area (Å²) in [5.41, 5.74) is 0. The van der Waals surface area contributed by atoms with E-state index in [0.717, 1.165) is 6.26 Å². The fourth-order valence-corrected chi connectivity index (χ4v) is 0.161. The summed E-state index contributed by atoms with van der Waals surface area (Å²) in [5.74, 6) is 0. The molecule has 0 amide bonds. The van der Waals surface area contributed by atoms with Crippen LogP contribution in [0.4, 0.5) is 0 Å². The van der Waals surface area contributed by atoms with Gasteiger partial charge in [-0.1, -0.05) is 12.2 Å². The van der Waals surface area contributed by atoms with E-state index in [1.165, 1.54) is 0 Å². The Labute approximate surface area is 37.6 Å². The zero-order chi connectivity index (χ0) is 4.83. The third-order valence-corrected chi connectivity index (χ3v) is 0.390. The third-order valence-electron chi connectivity index (χ3n) is 0.390. The Morgan fingerprint density at radius 3 is 2.17 bits per heavy atom. The normalized spacial score (nSPS) is 11.5. The van der Waals surface area contributed by atoms with Gasteiger partial charge in [-0.05, 0) is 13.0 Å². The summed E-state index contributed by atoms with van der Waals surface area (Å²) in [7, 11) is 0. The fourth-order valence-electron chi connectivity index (χ4n) is 0.161. The molecule has 1 N–H and O–H groups in total. The van der Waals surface area contributed by atoms with Crippen LogP contribution in [0.25, 0.3) is 0 Å². The Kier molecular flexibility index (Phi) is 3.77. The van der Waals surface area contributed by atoms with E-state index < -0.39 is 0 Å². The summed E-state index contributed by atoms with van der Waals surface area (Å²) < 4.78 is 0. The lowest BCUT2D eigenvalue weighted by Gasteiger charge is -1.63. The van der Waals surface area contributed by atoms with Gasteiger partial charge >= 0.3 is 0 Å². The van der Waals surface area contributed by atoms with Crippen molar-refractivity contribution in [3.8, 4) is 0 Å². The molecular formula is C5H8O. The van der Waals surface area contributed by atoms with Gasteiger partial charge in [-0.3, -0.25) is 0 Å². The van der Waals surface area contributed by atoms with Crippen LogP contribution >= 0.6 is 0 Å². The molecule has 0 rings (SSSR count). The van der Waals surface area contributed by atoms with Crippen LogP contribution in [0, 0.1) is 0 Å². The first-order chi connectivity index (χ1) is 2.91. The zero-order valence-corrected chi connectivity index (χ0v) is 3.76. The number of hydrogen-bond donors (Lipinski definition) is 1.